The van der Waals surface area contributed by atoms with Crippen molar-refractivity contribution in [3.8, 4) is 0 Å². The third-order valence-electron chi connectivity index (χ3n) is 5.42. The van der Waals surface area contributed by atoms with Crippen molar-refractivity contribution >= 4 is 34.7 Å². The Morgan fingerprint density at radius 2 is 1.77 bits per heavy atom. The van der Waals surface area contributed by atoms with Gasteiger partial charge in [-0.25, -0.2) is 0 Å². The van der Waals surface area contributed by atoms with Crippen molar-refractivity contribution in [1.82, 2.24) is 4.90 Å². The molecule has 2 aliphatic heterocycles. The third kappa shape index (κ3) is 3.87. The largest absolute Gasteiger partial charge is 0.377 e. The number of ether oxygens (including phenoxy) is 1. The smallest absolute Gasteiger partial charge is 0.278 e. The number of rotatable bonds is 6. The predicted octanol–water partition coefficient (Wildman–Crippen LogP) is 4.30. The summed E-state index contributed by atoms with van der Waals surface area (Å²) < 4.78 is 5.60. The van der Waals surface area contributed by atoms with Crippen LogP contribution in [0, 0.1) is 0 Å². The van der Waals surface area contributed by atoms with Gasteiger partial charge in [-0.1, -0.05) is 41.9 Å². The van der Waals surface area contributed by atoms with Crippen molar-refractivity contribution in [3.05, 3.63) is 70.4 Å². The summed E-state index contributed by atoms with van der Waals surface area (Å²) in [5.41, 5.74) is 3.75. The number of fused-ring (bicyclic) bond motifs is 1. The molecule has 0 spiro atoms. The number of hydrogen-bond donors (Lipinski definition) is 0. The van der Waals surface area contributed by atoms with Crippen LogP contribution in [0.15, 0.2) is 54.2 Å². The zero-order valence-corrected chi connectivity index (χ0v) is 18.0. The van der Waals surface area contributed by atoms with E-state index in [0.717, 1.165) is 18.5 Å². The molecule has 0 saturated carbocycles. The monoisotopic (exact) mass is 424 g/mol. The number of carbonyl (C=O) groups excluding carboxylic acids is 2. The zero-order valence-electron chi connectivity index (χ0n) is 17.2. The summed E-state index contributed by atoms with van der Waals surface area (Å²) in [6, 6.07) is 15.2. The first-order chi connectivity index (χ1) is 14.5. The van der Waals surface area contributed by atoms with Gasteiger partial charge in [-0.2, -0.15) is 0 Å². The van der Waals surface area contributed by atoms with Crippen LogP contribution in [-0.4, -0.2) is 42.5 Å². The van der Waals surface area contributed by atoms with Crippen molar-refractivity contribution in [2.75, 3.05) is 24.6 Å². The molecule has 0 radical (unpaired) electrons. The van der Waals surface area contributed by atoms with Crippen LogP contribution in [0.1, 0.15) is 31.4 Å². The quantitative estimate of drug-likeness (QED) is 0.649. The summed E-state index contributed by atoms with van der Waals surface area (Å²) in [6.45, 7) is 5.10. The molecule has 0 atom stereocenters. The highest BCUT2D eigenvalue weighted by molar-refractivity contribution is 6.37. The lowest BCUT2D eigenvalue weighted by atomic mass is 9.98. The van der Waals surface area contributed by atoms with Gasteiger partial charge in [0.1, 0.15) is 5.70 Å². The molecule has 0 unspecified atom stereocenters. The Kier molecular flexibility index (Phi) is 5.93. The fraction of sp³-hybridized carbons (Fsp3) is 0.333. The molecule has 0 aliphatic carbocycles. The molecule has 2 amide bonds. The topological polar surface area (TPSA) is 49.9 Å². The second-order valence-electron chi connectivity index (χ2n) is 7.80. The zero-order chi connectivity index (χ0) is 21.3. The maximum absolute atomic E-state index is 13.5. The first kappa shape index (κ1) is 20.6. The number of halogens is 1. The molecule has 156 valence electrons. The summed E-state index contributed by atoms with van der Waals surface area (Å²) in [7, 11) is 0. The lowest BCUT2D eigenvalue weighted by Gasteiger charge is -2.32. The van der Waals surface area contributed by atoms with Crippen molar-refractivity contribution in [2.45, 2.75) is 32.8 Å². The lowest BCUT2D eigenvalue weighted by molar-refractivity contribution is -0.138. The van der Waals surface area contributed by atoms with Crippen molar-refractivity contribution < 1.29 is 14.3 Å². The molecule has 0 saturated heterocycles. The van der Waals surface area contributed by atoms with E-state index >= 15 is 0 Å². The molecule has 0 aromatic heterocycles. The van der Waals surface area contributed by atoms with Gasteiger partial charge in [0.05, 0.1) is 24.8 Å². The van der Waals surface area contributed by atoms with Crippen LogP contribution < -0.4 is 4.90 Å². The van der Waals surface area contributed by atoms with Gasteiger partial charge in [-0.05, 0) is 56.0 Å². The highest BCUT2D eigenvalue weighted by Crippen LogP contribution is 2.38. The number of hydrogen-bond acceptors (Lipinski definition) is 4. The van der Waals surface area contributed by atoms with Gasteiger partial charge in [0.2, 0.25) is 0 Å². The van der Waals surface area contributed by atoms with Gasteiger partial charge >= 0.3 is 0 Å². The minimum absolute atomic E-state index is 0.0370. The van der Waals surface area contributed by atoms with Crippen LogP contribution in [0.3, 0.4) is 0 Å². The van der Waals surface area contributed by atoms with Gasteiger partial charge in [0.25, 0.3) is 11.8 Å². The lowest BCUT2D eigenvalue weighted by Crippen LogP contribution is -2.39. The van der Waals surface area contributed by atoms with E-state index in [1.165, 1.54) is 10.5 Å². The third-order valence-corrected chi connectivity index (χ3v) is 5.67. The molecule has 2 aromatic rings. The second kappa shape index (κ2) is 8.62. The maximum Gasteiger partial charge on any atom is 0.278 e. The SMILES string of the molecule is CC(C)OCCN1C(=O)C(c2ccc(Cl)cc2)=C(N2CCCc3ccccc32)C1=O. The number of aryl methyl sites for hydroxylation is 1. The summed E-state index contributed by atoms with van der Waals surface area (Å²) in [4.78, 5) is 30.2. The van der Waals surface area contributed by atoms with Gasteiger partial charge in [0, 0.05) is 17.3 Å². The second-order valence-corrected chi connectivity index (χ2v) is 8.23. The van der Waals surface area contributed by atoms with Gasteiger partial charge in [0.15, 0.2) is 0 Å². The Labute approximate surface area is 181 Å². The average Bonchev–Trinajstić information content (AvgIpc) is 2.98. The van der Waals surface area contributed by atoms with E-state index in [1.54, 1.807) is 24.3 Å². The molecule has 0 N–H and O–H groups in total. The molecule has 4 rings (SSSR count). The van der Waals surface area contributed by atoms with Crippen LogP contribution in [0.5, 0.6) is 0 Å². The van der Waals surface area contributed by atoms with Gasteiger partial charge in [-0.3, -0.25) is 14.5 Å². The van der Waals surface area contributed by atoms with E-state index in [1.807, 2.05) is 36.9 Å². The van der Waals surface area contributed by atoms with Crippen molar-refractivity contribution in [1.29, 1.82) is 0 Å². The van der Waals surface area contributed by atoms with Gasteiger partial charge in [-0.15, -0.1) is 0 Å². The number of carbonyl (C=O) groups is 2. The Bertz CT molecular complexity index is 998. The minimum atomic E-state index is -0.285. The standard InChI is InChI=1S/C24H25ClN2O3/c1-16(2)30-15-14-27-23(28)21(18-9-11-19(25)12-10-18)22(24(27)29)26-13-5-7-17-6-3-4-8-20(17)26/h3-4,6,8-12,16H,5,7,13-15H2,1-2H3. The summed E-state index contributed by atoms with van der Waals surface area (Å²) >= 11 is 6.06. The molecule has 0 bridgehead atoms. The number of nitrogens with zero attached hydrogens (tertiary/aromatic N) is 2. The number of anilines is 1. The summed E-state index contributed by atoms with van der Waals surface area (Å²) in [5.74, 6) is -0.554. The van der Waals surface area contributed by atoms with E-state index in [-0.39, 0.29) is 24.5 Å². The summed E-state index contributed by atoms with van der Waals surface area (Å²) in [5, 5.41) is 0.586. The van der Waals surface area contributed by atoms with Crippen LogP contribution in [0.25, 0.3) is 5.57 Å². The Balaban J connectivity index is 1.77. The molecular weight excluding hydrogens is 400 g/mol. The van der Waals surface area contributed by atoms with Crippen LogP contribution in [0.2, 0.25) is 5.02 Å². The normalized spacial score (nSPS) is 16.7. The first-order valence-electron chi connectivity index (χ1n) is 10.3. The van der Waals surface area contributed by atoms with Crippen LogP contribution >= 0.6 is 11.6 Å². The van der Waals surface area contributed by atoms with E-state index < -0.39 is 0 Å². The van der Waals surface area contributed by atoms with Crippen LogP contribution in [0.4, 0.5) is 5.69 Å². The van der Waals surface area contributed by atoms with Gasteiger partial charge < -0.3 is 9.64 Å². The molecule has 2 heterocycles. The minimum Gasteiger partial charge on any atom is -0.377 e. The van der Waals surface area contributed by atoms with E-state index in [2.05, 4.69) is 6.07 Å². The highest BCUT2D eigenvalue weighted by atomic mass is 35.5. The molecule has 2 aromatic carbocycles. The molecule has 2 aliphatic rings. The Morgan fingerprint density at radius 3 is 2.50 bits per heavy atom. The number of benzene rings is 2. The van der Waals surface area contributed by atoms with E-state index in [4.69, 9.17) is 16.3 Å². The average molecular weight is 425 g/mol. The fourth-order valence-electron chi connectivity index (χ4n) is 4.04. The molecule has 5 nitrogen and oxygen atoms in total. The molecule has 0 fully saturated rings. The number of amides is 2. The van der Waals surface area contributed by atoms with Crippen LogP contribution in [-0.2, 0) is 20.7 Å². The maximum atomic E-state index is 13.5. The molecule has 30 heavy (non-hydrogen) atoms. The summed E-state index contributed by atoms with van der Waals surface area (Å²) in [6.07, 6.45) is 1.92. The Hall–Kier alpha value is -2.63. The van der Waals surface area contributed by atoms with Crippen molar-refractivity contribution in [3.63, 3.8) is 0 Å². The number of imide groups is 1. The number of para-hydroxylation sites is 1. The van der Waals surface area contributed by atoms with Crippen molar-refractivity contribution in [2.24, 2.45) is 0 Å². The first-order valence-corrected chi connectivity index (χ1v) is 10.7. The fourth-order valence-corrected chi connectivity index (χ4v) is 4.17. The highest BCUT2D eigenvalue weighted by Gasteiger charge is 2.42. The Morgan fingerprint density at radius 1 is 1.03 bits per heavy atom. The molecular formula is C24H25ClN2O3. The van der Waals surface area contributed by atoms with E-state index in [0.29, 0.717) is 35.0 Å². The van der Waals surface area contributed by atoms with E-state index in [9.17, 15) is 9.59 Å². The predicted molar refractivity (Wildman–Crippen MR) is 118 cm³/mol. The molecule has 6 heteroatoms.